The van der Waals surface area contributed by atoms with Crippen LogP contribution in [0.25, 0.3) is 10.4 Å². The fourth-order valence-electron chi connectivity index (χ4n) is 2.19. The van der Waals surface area contributed by atoms with Crippen LogP contribution in [-0.2, 0) is 9.47 Å². The van der Waals surface area contributed by atoms with E-state index in [1.807, 2.05) is 0 Å². The molecule has 0 N–H and O–H groups in total. The quantitative estimate of drug-likeness (QED) is 0.363. The van der Waals surface area contributed by atoms with Gasteiger partial charge in [0.15, 0.2) is 0 Å². The molecular formula is C15H17FN4O4. The Kier molecular flexibility index (Phi) is 4.94. The number of hydrogen-bond acceptors (Lipinski definition) is 5. The summed E-state index contributed by atoms with van der Waals surface area (Å²) in [5.41, 5.74) is 7.62. The number of ether oxygens (including phenoxy) is 2. The Morgan fingerprint density at radius 1 is 1.54 bits per heavy atom. The number of carbonyl (C=O) groups excluding carboxylic acids is 2. The van der Waals surface area contributed by atoms with Crippen molar-refractivity contribution in [3.63, 3.8) is 0 Å². The van der Waals surface area contributed by atoms with Crippen molar-refractivity contribution in [3.8, 4) is 0 Å². The Bertz CT molecular complexity index is 710. The van der Waals surface area contributed by atoms with Crippen molar-refractivity contribution in [3.05, 3.63) is 40.0 Å². The molecule has 0 aliphatic carbocycles. The first-order chi connectivity index (χ1) is 11.2. The zero-order chi connectivity index (χ0) is 17.9. The maximum absolute atomic E-state index is 14.3. The summed E-state index contributed by atoms with van der Waals surface area (Å²) in [5.74, 6) is -1.61. The predicted molar refractivity (Wildman–Crippen MR) is 83.2 cm³/mol. The molecule has 9 heteroatoms. The first-order valence-electron chi connectivity index (χ1n) is 7.22. The number of azide groups is 1. The van der Waals surface area contributed by atoms with Gasteiger partial charge in [-0.1, -0.05) is 5.11 Å². The zero-order valence-corrected chi connectivity index (χ0v) is 13.5. The van der Waals surface area contributed by atoms with Gasteiger partial charge in [-0.05, 0) is 44.5 Å². The molecule has 1 amide bonds. The second-order valence-corrected chi connectivity index (χ2v) is 6.18. The van der Waals surface area contributed by atoms with Gasteiger partial charge in [0, 0.05) is 4.91 Å². The predicted octanol–water partition coefficient (Wildman–Crippen LogP) is 3.42. The molecule has 0 radical (unpaired) electrons. The third-order valence-electron chi connectivity index (χ3n) is 3.17. The molecule has 1 fully saturated rings. The molecule has 0 aromatic heterocycles. The van der Waals surface area contributed by atoms with E-state index in [1.54, 1.807) is 20.8 Å². The first-order valence-corrected chi connectivity index (χ1v) is 7.22. The van der Waals surface area contributed by atoms with Crippen molar-refractivity contribution in [2.45, 2.75) is 32.4 Å². The molecule has 2 rings (SSSR count). The maximum atomic E-state index is 14.3. The van der Waals surface area contributed by atoms with Gasteiger partial charge in [-0.2, -0.15) is 0 Å². The topological polar surface area (TPSA) is 105 Å². The summed E-state index contributed by atoms with van der Waals surface area (Å²) in [6.45, 7) is 5.07. The van der Waals surface area contributed by atoms with Gasteiger partial charge in [0.05, 0.1) is 23.8 Å². The summed E-state index contributed by atoms with van der Waals surface area (Å²) in [4.78, 5) is 27.6. The van der Waals surface area contributed by atoms with Crippen LogP contribution in [0.1, 0.15) is 31.1 Å². The van der Waals surface area contributed by atoms with E-state index in [-0.39, 0.29) is 24.4 Å². The lowest BCUT2D eigenvalue weighted by atomic mass is 10.1. The minimum absolute atomic E-state index is 0.00231. The van der Waals surface area contributed by atoms with Crippen molar-refractivity contribution in [2.24, 2.45) is 5.11 Å². The van der Waals surface area contributed by atoms with Gasteiger partial charge in [0.25, 0.3) is 0 Å². The standard InChI is InChI=1S/C15H17FN4O4/c1-15(2,3)24-13(21)11-5-4-9(6-12(11)16)20-10(7-18-19-17)8-23-14(20)22/h4-6,10H,7-8H2,1-3H3/t10-/m0/s1. The second-order valence-electron chi connectivity index (χ2n) is 6.18. The van der Waals surface area contributed by atoms with E-state index in [0.29, 0.717) is 0 Å². The zero-order valence-electron chi connectivity index (χ0n) is 13.5. The largest absolute Gasteiger partial charge is 0.456 e. The highest BCUT2D eigenvalue weighted by Crippen LogP contribution is 2.26. The molecule has 24 heavy (non-hydrogen) atoms. The van der Waals surface area contributed by atoms with E-state index in [1.165, 1.54) is 17.0 Å². The number of hydrogen-bond donors (Lipinski definition) is 0. The number of esters is 1. The molecule has 1 aliphatic rings. The molecule has 0 saturated carbocycles. The number of rotatable bonds is 4. The highest BCUT2D eigenvalue weighted by atomic mass is 19.1. The Morgan fingerprint density at radius 2 is 2.25 bits per heavy atom. The first kappa shape index (κ1) is 17.6. The van der Waals surface area contributed by atoms with Crippen LogP contribution in [0.3, 0.4) is 0 Å². The summed E-state index contributed by atoms with van der Waals surface area (Å²) in [6.07, 6.45) is -0.669. The summed E-state index contributed by atoms with van der Waals surface area (Å²) >= 11 is 0. The lowest BCUT2D eigenvalue weighted by Gasteiger charge is -2.22. The number of benzene rings is 1. The van der Waals surface area contributed by atoms with Gasteiger partial charge in [0.1, 0.15) is 18.0 Å². The highest BCUT2D eigenvalue weighted by molar-refractivity contribution is 5.93. The summed E-state index contributed by atoms with van der Waals surface area (Å²) in [7, 11) is 0. The molecule has 1 aromatic rings. The molecule has 1 aromatic carbocycles. The number of halogens is 1. The minimum Gasteiger partial charge on any atom is -0.456 e. The number of nitrogens with zero attached hydrogens (tertiary/aromatic N) is 4. The molecule has 1 heterocycles. The number of anilines is 1. The van der Waals surface area contributed by atoms with Gasteiger partial charge >= 0.3 is 12.1 Å². The Labute approximate surface area is 137 Å². The van der Waals surface area contributed by atoms with Gasteiger partial charge < -0.3 is 9.47 Å². The van der Waals surface area contributed by atoms with Crippen LogP contribution in [0.2, 0.25) is 0 Å². The Hall–Kier alpha value is -2.80. The Balaban J connectivity index is 2.26. The molecule has 1 atom stereocenters. The van der Waals surface area contributed by atoms with Gasteiger partial charge in [-0.15, -0.1) is 0 Å². The van der Waals surface area contributed by atoms with Crippen LogP contribution in [0.5, 0.6) is 0 Å². The van der Waals surface area contributed by atoms with E-state index < -0.39 is 29.5 Å². The molecule has 8 nitrogen and oxygen atoms in total. The number of cyclic esters (lactones) is 1. The molecule has 128 valence electrons. The Morgan fingerprint density at radius 3 is 2.83 bits per heavy atom. The molecule has 1 aliphatic heterocycles. The van der Waals surface area contributed by atoms with Crippen LogP contribution < -0.4 is 4.90 Å². The van der Waals surface area contributed by atoms with E-state index in [0.717, 1.165) is 6.07 Å². The van der Waals surface area contributed by atoms with Crippen molar-refractivity contribution in [1.82, 2.24) is 0 Å². The van der Waals surface area contributed by atoms with Crippen LogP contribution in [0, 0.1) is 5.82 Å². The van der Waals surface area contributed by atoms with Gasteiger partial charge in [0.2, 0.25) is 0 Å². The molecular weight excluding hydrogens is 319 g/mol. The summed E-state index contributed by atoms with van der Waals surface area (Å²) in [5, 5.41) is 3.41. The van der Waals surface area contributed by atoms with Crippen molar-refractivity contribution >= 4 is 17.7 Å². The lowest BCUT2D eigenvalue weighted by molar-refractivity contribution is 0.00647. The SMILES string of the molecule is CC(C)(C)OC(=O)c1ccc(N2C(=O)OC[C@@H]2CN=[N+]=[N-])cc1F. The number of amides is 1. The molecule has 1 saturated heterocycles. The second kappa shape index (κ2) is 6.76. The minimum atomic E-state index is -0.816. The third kappa shape index (κ3) is 3.94. The molecule has 0 bridgehead atoms. The molecule has 0 spiro atoms. The maximum Gasteiger partial charge on any atom is 0.414 e. The van der Waals surface area contributed by atoms with Crippen molar-refractivity contribution < 1.29 is 23.5 Å². The van der Waals surface area contributed by atoms with Crippen LogP contribution >= 0.6 is 0 Å². The van der Waals surface area contributed by atoms with E-state index in [2.05, 4.69) is 10.0 Å². The third-order valence-corrected chi connectivity index (χ3v) is 3.17. The fraction of sp³-hybridized carbons (Fsp3) is 0.467. The van der Waals surface area contributed by atoms with E-state index in [9.17, 15) is 14.0 Å². The average Bonchev–Trinajstić information content (AvgIpc) is 2.83. The summed E-state index contributed by atoms with van der Waals surface area (Å²) in [6, 6.07) is 3.18. The monoisotopic (exact) mass is 336 g/mol. The van der Waals surface area contributed by atoms with E-state index in [4.69, 9.17) is 15.0 Å². The molecule has 0 unspecified atom stereocenters. The fourth-order valence-corrected chi connectivity index (χ4v) is 2.19. The van der Waals surface area contributed by atoms with Crippen LogP contribution in [0.4, 0.5) is 14.9 Å². The van der Waals surface area contributed by atoms with Gasteiger partial charge in [-0.3, -0.25) is 4.90 Å². The van der Waals surface area contributed by atoms with Crippen molar-refractivity contribution in [1.29, 1.82) is 0 Å². The summed E-state index contributed by atoms with van der Waals surface area (Å²) < 4.78 is 24.3. The highest BCUT2D eigenvalue weighted by Gasteiger charge is 2.34. The normalized spacial score (nSPS) is 17.2. The smallest absolute Gasteiger partial charge is 0.414 e. The van der Waals surface area contributed by atoms with Crippen LogP contribution in [-0.4, -0.2) is 36.9 Å². The van der Waals surface area contributed by atoms with Crippen LogP contribution in [0.15, 0.2) is 23.3 Å². The number of carbonyl (C=O) groups is 2. The van der Waals surface area contributed by atoms with Gasteiger partial charge in [-0.25, -0.2) is 14.0 Å². The average molecular weight is 336 g/mol. The lowest BCUT2D eigenvalue weighted by Crippen LogP contribution is -2.35. The van der Waals surface area contributed by atoms with Crippen molar-refractivity contribution in [2.75, 3.05) is 18.1 Å². The van der Waals surface area contributed by atoms with E-state index >= 15 is 0 Å².